The van der Waals surface area contributed by atoms with Gasteiger partial charge in [-0.05, 0) is 25.7 Å². The van der Waals surface area contributed by atoms with Gasteiger partial charge >= 0.3 is 5.97 Å². The molecule has 0 saturated carbocycles. The molecule has 0 aromatic carbocycles. The standard InChI is InChI=1S/C9H12O2/c10-9(11)8-6-4-2-1-3-5-7-8/h4,6-7H,1-3,5H2,(H,10,11)/b6-4-,8-7+. The molecule has 0 unspecified atom stereocenters. The van der Waals surface area contributed by atoms with Gasteiger partial charge in [-0.1, -0.05) is 18.2 Å². The van der Waals surface area contributed by atoms with E-state index in [4.69, 9.17) is 5.11 Å². The lowest BCUT2D eigenvalue weighted by atomic mass is 10.1. The Labute approximate surface area is 66.2 Å². The highest BCUT2D eigenvalue weighted by molar-refractivity contribution is 5.89. The van der Waals surface area contributed by atoms with E-state index in [1.807, 2.05) is 6.08 Å². The first-order chi connectivity index (χ1) is 5.30. The van der Waals surface area contributed by atoms with Crippen molar-refractivity contribution in [2.45, 2.75) is 25.7 Å². The molecule has 0 bridgehead atoms. The maximum absolute atomic E-state index is 10.5. The minimum atomic E-state index is -0.817. The third-order valence-corrected chi connectivity index (χ3v) is 1.73. The predicted octanol–water partition coefficient (Wildman–Crippen LogP) is 2.13. The predicted molar refractivity (Wildman–Crippen MR) is 43.3 cm³/mol. The second-order valence-electron chi connectivity index (χ2n) is 2.65. The first-order valence-corrected chi connectivity index (χ1v) is 3.90. The lowest BCUT2D eigenvalue weighted by molar-refractivity contribution is -0.132. The Morgan fingerprint density at radius 3 is 2.82 bits per heavy atom. The van der Waals surface area contributed by atoms with Gasteiger partial charge in [0.2, 0.25) is 0 Å². The van der Waals surface area contributed by atoms with Crippen LogP contribution in [0.1, 0.15) is 25.7 Å². The molecule has 0 radical (unpaired) electrons. The Morgan fingerprint density at radius 1 is 1.36 bits per heavy atom. The SMILES string of the molecule is O=C(O)C1=C/CCCC/C=C\1. The molecule has 11 heavy (non-hydrogen) atoms. The van der Waals surface area contributed by atoms with Crippen molar-refractivity contribution < 1.29 is 9.90 Å². The molecule has 0 spiro atoms. The number of aliphatic carboxylic acids is 1. The van der Waals surface area contributed by atoms with E-state index >= 15 is 0 Å². The van der Waals surface area contributed by atoms with Gasteiger partial charge in [0.25, 0.3) is 0 Å². The number of carboxylic acid groups (broad SMARTS) is 1. The molecule has 0 aromatic heterocycles. The van der Waals surface area contributed by atoms with Crippen LogP contribution in [-0.2, 0) is 4.79 Å². The highest BCUT2D eigenvalue weighted by Crippen LogP contribution is 2.10. The monoisotopic (exact) mass is 152 g/mol. The van der Waals surface area contributed by atoms with Crippen LogP contribution in [0.5, 0.6) is 0 Å². The molecule has 1 rings (SSSR count). The Morgan fingerprint density at radius 2 is 2.09 bits per heavy atom. The summed E-state index contributed by atoms with van der Waals surface area (Å²) in [5.41, 5.74) is 0.435. The van der Waals surface area contributed by atoms with Gasteiger partial charge in [0.1, 0.15) is 0 Å². The summed E-state index contributed by atoms with van der Waals surface area (Å²) in [6.45, 7) is 0. The van der Waals surface area contributed by atoms with Gasteiger partial charge in [-0.2, -0.15) is 0 Å². The van der Waals surface area contributed by atoms with Gasteiger partial charge < -0.3 is 5.11 Å². The molecule has 2 heteroatoms. The zero-order chi connectivity index (χ0) is 8.10. The number of hydrogen-bond donors (Lipinski definition) is 1. The first-order valence-electron chi connectivity index (χ1n) is 3.90. The van der Waals surface area contributed by atoms with Crippen LogP contribution in [0.25, 0.3) is 0 Å². The van der Waals surface area contributed by atoms with E-state index in [0.29, 0.717) is 5.57 Å². The van der Waals surface area contributed by atoms with Crippen LogP contribution in [0.4, 0.5) is 0 Å². The largest absolute Gasteiger partial charge is 0.478 e. The Kier molecular flexibility index (Phi) is 2.90. The topological polar surface area (TPSA) is 37.3 Å². The van der Waals surface area contributed by atoms with E-state index in [1.54, 1.807) is 12.2 Å². The Hall–Kier alpha value is -1.05. The quantitative estimate of drug-likeness (QED) is 0.625. The first kappa shape index (κ1) is 8.05. The summed E-state index contributed by atoms with van der Waals surface area (Å²) < 4.78 is 0. The second-order valence-corrected chi connectivity index (χ2v) is 2.65. The fourth-order valence-electron chi connectivity index (χ4n) is 1.10. The van der Waals surface area contributed by atoms with E-state index in [-0.39, 0.29) is 0 Å². The lowest BCUT2D eigenvalue weighted by Crippen LogP contribution is -1.98. The van der Waals surface area contributed by atoms with Crippen molar-refractivity contribution in [2.24, 2.45) is 0 Å². The van der Waals surface area contributed by atoms with Gasteiger partial charge in [-0.3, -0.25) is 0 Å². The molecule has 0 aromatic rings. The summed E-state index contributed by atoms with van der Waals surface area (Å²) in [6.07, 6.45) is 9.58. The smallest absolute Gasteiger partial charge is 0.335 e. The van der Waals surface area contributed by atoms with Crippen LogP contribution in [-0.4, -0.2) is 11.1 Å². The third-order valence-electron chi connectivity index (χ3n) is 1.73. The molecule has 0 fully saturated rings. The van der Waals surface area contributed by atoms with Crippen LogP contribution in [0.15, 0.2) is 23.8 Å². The molecule has 1 aliphatic carbocycles. The number of allylic oxidation sites excluding steroid dienone is 2. The van der Waals surface area contributed by atoms with Gasteiger partial charge in [0.05, 0.1) is 5.57 Å². The molecule has 0 heterocycles. The van der Waals surface area contributed by atoms with Crippen LogP contribution in [0.2, 0.25) is 0 Å². The average Bonchev–Trinajstić information content (AvgIpc) is 1.84. The van der Waals surface area contributed by atoms with Crippen LogP contribution < -0.4 is 0 Å². The molecule has 0 aliphatic heterocycles. The molecule has 1 N–H and O–H groups in total. The highest BCUT2D eigenvalue weighted by Gasteiger charge is 2.02. The van der Waals surface area contributed by atoms with Gasteiger partial charge in [-0.15, -0.1) is 0 Å². The molecule has 1 aliphatic rings. The second kappa shape index (κ2) is 3.96. The Balaban J connectivity index is 2.66. The molecule has 0 atom stereocenters. The lowest BCUT2D eigenvalue weighted by Gasteiger charge is -2.00. The minimum absolute atomic E-state index is 0.435. The summed E-state index contributed by atoms with van der Waals surface area (Å²) in [6, 6.07) is 0. The van der Waals surface area contributed by atoms with Crippen molar-refractivity contribution in [1.82, 2.24) is 0 Å². The summed E-state index contributed by atoms with van der Waals surface area (Å²) in [4.78, 5) is 10.5. The number of rotatable bonds is 1. The van der Waals surface area contributed by atoms with Crippen molar-refractivity contribution in [3.8, 4) is 0 Å². The van der Waals surface area contributed by atoms with Crippen molar-refractivity contribution in [1.29, 1.82) is 0 Å². The summed E-state index contributed by atoms with van der Waals surface area (Å²) in [5.74, 6) is -0.817. The summed E-state index contributed by atoms with van der Waals surface area (Å²) in [7, 11) is 0. The average molecular weight is 152 g/mol. The maximum Gasteiger partial charge on any atom is 0.335 e. The van der Waals surface area contributed by atoms with Gasteiger partial charge in [0, 0.05) is 0 Å². The molecule has 2 nitrogen and oxygen atoms in total. The molecular weight excluding hydrogens is 140 g/mol. The van der Waals surface area contributed by atoms with Crippen LogP contribution >= 0.6 is 0 Å². The normalized spacial score (nSPS) is 26.0. The maximum atomic E-state index is 10.5. The minimum Gasteiger partial charge on any atom is -0.478 e. The molecular formula is C9H12O2. The van der Waals surface area contributed by atoms with Crippen molar-refractivity contribution in [2.75, 3.05) is 0 Å². The molecule has 0 amide bonds. The van der Waals surface area contributed by atoms with Crippen LogP contribution in [0.3, 0.4) is 0 Å². The zero-order valence-electron chi connectivity index (χ0n) is 6.42. The highest BCUT2D eigenvalue weighted by atomic mass is 16.4. The Bertz CT molecular complexity index is 202. The van der Waals surface area contributed by atoms with Gasteiger partial charge in [-0.25, -0.2) is 4.79 Å². The van der Waals surface area contributed by atoms with E-state index in [0.717, 1.165) is 19.3 Å². The summed E-state index contributed by atoms with van der Waals surface area (Å²) >= 11 is 0. The van der Waals surface area contributed by atoms with E-state index < -0.39 is 5.97 Å². The van der Waals surface area contributed by atoms with Gasteiger partial charge in [0.15, 0.2) is 0 Å². The number of hydrogen-bond acceptors (Lipinski definition) is 1. The van der Waals surface area contributed by atoms with E-state index in [9.17, 15) is 4.79 Å². The fraction of sp³-hybridized carbons (Fsp3) is 0.444. The molecule has 0 saturated heterocycles. The van der Waals surface area contributed by atoms with Crippen molar-refractivity contribution >= 4 is 5.97 Å². The van der Waals surface area contributed by atoms with Crippen LogP contribution in [0, 0.1) is 0 Å². The molecule has 60 valence electrons. The number of carbonyl (C=O) groups is 1. The van der Waals surface area contributed by atoms with Crippen molar-refractivity contribution in [3.05, 3.63) is 23.8 Å². The zero-order valence-corrected chi connectivity index (χ0v) is 6.42. The van der Waals surface area contributed by atoms with Crippen molar-refractivity contribution in [3.63, 3.8) is 0 Å². The number of carboxylic acids is 1. The third kappa shape index (κ3) is 2.58. The van der Waals surface area contributed by atoms with E-state index in [2.05, 4.69) is 0 Å². The van der Waals surface area contributed by atoms with E-state index in [1.165, 1.54) is 6.42 Å². The summed E-state index contributed by atoms with van der Waals surface area (Å²) in [5, 5.41) is 8.64. The fourth-order valence-corrected chi connectivity index (χ4v) is 1.10.